The van der Waals surface area contributed by atoms with Gasteiger partial charge >= 0.3 is 0 Å². The highest BCUT2D eigenvalue weighted by Gasteiger charge is 2.28. The second kappa shape index (κ2) is 8.39. The summed E-state index contributed by atoms with van der Waals surface area (Å²) in [5.74, 6) is 0.711. The zero-order valence-electron chi connectivity index (χ0n) is 15.8. The van der Waals surface area contributed by atoms with Gasteiger partial charge in [-0.05, 0) is 24.3 Å². The molecule has 7 nitrogen and oxygen atoms in total. The van der Waals surface area contributed by atoms with Gasteiger partial charge in [-0.15, -0.1) is 0 Å². The number of benzene rings is 1. The Labute approximate surface area is 164 Å². The van der Waals surface area contributed by atoms with Crippen molar-refractivity contribution in [3.63, 3.8) is 0 Å². The number of carbonyl (C=O) groups is 2. The molecule has 0 N–H and O–H groups in total. The zero-order chi connectivity index (χ0) is 19.3. The SMILES string of the molecule is O=C(c1ccccc1)N1CCN(C(=O)c2cccnc2N2CCOCC2)CC1. The van der Waals surface area contributed by atoms with Crippen LogP contribution in [0.3, 0.4) is 0 Å². The number of carbonyl (C=O) groups excluding carboxylic acids is 2. The Balaban J connectivity index is 1.43. The van der Waals surface area contributed by atoms with E-state index in [0.717, 1.165) is 18.9 Å². The minimum atomic E-state index is -0.0265. The Bertz CT molecular complexity index is 829. The average molecular weight is 380 g/mol. The molecule has 0 bridgehead atoms. The van der Waals surface area contributed by atoms with Crippen LogP contribution in [0.4, 0.5) is 5.82 Å². The molecule has 4 rings (SSSR count). The van der Waals surface area contributed by atoms with Crippen LogP contribution in [0, 0.1) is 0 Å². The summed E-state index contributed by atoms with van der Waals surface area (Å²) in [4.78, 5) is 35.9. The summed E-state index contributed by atoms with van der Waals surface area (Å²) < 4.78 is 5.41. The van der Waals surface area contributed by atoms with E-state index in [1.54, 1.807) is 12.3 Å². The number of hydrogen-bond donors (Lipinski definition) is 0. The fourth-order valence-electron chi connectivity index (χ4n) is 3.64. The van der Waals surface area contributed by atoms with Gasteiger partial charge in [0.05, 0.1) is 18.8 Å². The molecule has 0 radical (unpaired) electrons. The lowest BCUT2D eigenvalue weighted by atomic mass is 10.1. The van der Waals surface area contributed by atoms with Crippen molar-refractivity contribution in [2.24, 2.45) is 0 Å². The first-order chi connectivity index (χ1) is 13.7. The molecule has 2 amide bonds. The van der Waals surface area contributed by atoms with E-state index in [-0.39, 0.29) is 11.8 Å². The predicted molar refractivity (Wildman–Crippen MR) is 106 cm³/mol. The van der Waals surface area contributed by atoms with E-state index in [9.17, 15) is 9.59 Å². The summed E-state index contributed by atoms with van der Waals surface area (Å²) in [7, 11) is 0. The van der Waals surface area contributed by atoms with Crippen LogP contribution in [-0.4, -0.2) is 79.1 Å². The van der Waals surface area contributed by atoms with Gasteiger partial charge in [-0.3, -0.25) is 9.59 Å². The molecule has 0 saturated carbocycles. The molecule has 2 fully saturated rings. The quantitative estimate of drug-likeness (QED) is 0.808. The Morgan fingerprint density at radius 3 is 2.11 bits per heavy atom. The number of anilines is 1. The topological polar surface area (TPSA) is 66.0 Å². The van der Waals surface area contributed by atoms with E-state index < -0.39 is 0 Å². The molecule has 1 aromatic carbocycles. The first kappa shape index (κ1) is 18.4. The van der Waals surface area contributed by atoms with Gasteiger partial charge in [0.25, 0.3) is 11.8 Å². The van der Waals surface area contributed by atoms with Crippen LogP contribution in [0.5, 0.6) is 0 Å². The van der Waals surface area contributed by atoms with Crippen LogP contribution in [0.25, 0.3) is 0 Å². The number of ether oxygens (including phenoxy) is 1. The third kappa shape index (κ3) is 3.84. The summed E-state index contributed by atoms with van der Waals surface area (Å²) in [5, 5.41) is 0. The minimum Gasteiger partial charge on any atom is -0.378 e. The molecule has 1 aromatic heterocycles. The van der Waals surface area contributed by atoms with Crippen molar-refractivity contribution < 1.29 is 14.3 Å². The van der Waals surface area contributed by atoms with E-state index >= 15 is 0 Å². The van der Waals surface area contributed by atoms with Crippen molar-refractivity contribution in [2.45, 2.75) is 0 Å². The Morgan fingerprint density at radius 2 is 1.43 bits per heavy atom. The monoisotopic (exact) mass is 380 g/mol. The summed E-state index contributed by atoms with van der Waals surface area (Å²) in [6.07, 6.45) is 1.72. The number of aromatic nitrogens is 1. The summed E-state index contributed by atoms with van der Waals surface area (Å²) >= 11 is 0. The number of piperazine rings is 1. The molecule has 0 unspecified atom stereocenters. The third-order valence-corrected chi connectivity index (χ3v) is 5.20. The summed E-state index contributed by atoms with van der Waals surface area (Å²) in [5.41, 5.74) is 1.30. The van der Waals surface area contributed by atoms with Crippen molar-refractivity contribution in [3.05, 3.63) is 59.8 Å². The standard InChI is InChI=1S/C21H24N4O3/c26-20(17-5-2-1-3-6-17)24-9-11-25(12-10-24)21(27)18-7-4-8-22-19(18)23-13-15-28-16-14-23/h1-8H,9-16H2. The smallest absolute Gasteiger partial charge is 0.257 e. The second-order valence-corrected chi connectivity index (χ2v) is 6.92. The highest BCUT2D eigenvalue weighted by Crippen LogP contribution is 2.21. The number of rotatable bonds is 3. The number of nitrogens with zero attached hydrogens (tertiary/aromatic N) is 4. The minimum absolute atomic E-state index is 0.0167. The molecule has 2 aliphatic heterocycles. The van der Waals surface area contributed by atoms with Crippen LogP contribution >= 0.6 is 0 Å². The van der Waals surface area contributed by atoms with E-state index in [2.05, 4.69) is 9.88 Å². The van der Waals surface area contributed by atoms with Gasteiger partial charge in [-0.1, -0.05) is 18.2 Å². The number of pyridine rings is 1. The van der Waals surface area contributed by atoms with Gasteiger partial charge in [-0.25, -0.2) is 4.98 Å². The molecule has 2 aliphatic rings. The molecule has 3 heterocycles. The van der Waals surface area contributed by atoms with Crippen molar-refractivity contribution in [1.29, 1.82) is 0 Å². The summed E-state index contributed by atoms with van der Waals surface area (Å²) in [6.45, 7) is 4.87. The first-order valence-electron chi connectivity index (χ1n) is 9.65. The second-order valence-electron chi connectivity index (χ2n) is 6.92. The lowest BCUT2D eigenvalue weighted by Crippen LogP contribution is -2.51. The molecular formula is C21H24N4O3. The molecular weight excluding hydrogens is 356 g/mol. The molecule has 28 heavy (non-hydrogen) atoms. The summed E-state index contributed by atoms with van der Waals surface area (Å²) in [6, 6.07) is 12.9. The molecule has 0 aliphatic carbocycles. The Morgan fingerprint density at radius 1 is 0.786 bits per heavy atom. The fraction of sp³-hybridized carbons (Fsp3) is 0.381. The Hall–Kier alpha value is -2.93. The maximum Gasteiger partial charge on any atom is 0.257 e. The lowest BCUT2D eigenvalue weighted by molar-refractivity contribution is 0.0535. The molecule has 2 saturated heterocycles. The van der Waals surface area contributed by atoms with Crippen molar-refractivity contribution in [2.75, 3.05) is 57.4 Å². The largest absolute Gasteiger partial charge is 0.378 e. The van der Waals surface area contributed by atoms with E-state index in [1.165, 1.54) is 0 Å². The van der Waals surface area contributed by atoms with Crippen LogP contribution < -0.4 is 4.90 Å². The van der Waals surface area contributed by atoms with Crippen LogP contribution in [0.1, 0.15) is 20.7 Å². The first-order valence-corrected chi connectivity index (χ1v) is 9.65. The fourth-order valence-corrected chi connectivity index (χ4v) is 3.64. The number of hydrogen-bond acceptors (Lipinski definition) is 5. The molecule has 7 heteroatoms. The zero-order valence-corrected chi connectivity index (χ0v) is 15.8. The van der Waals surface area contributed by atoms with Crippen LogP contribution in [0.15, 0.2) is 48.7 Å². The van der Waals surface area contributed by atoms with E-state index in [1.807, 2.05) is 46.2 Å². The van der Waals surface area contributed by atoms with Crippen molar-refractivity contribution in [1.82, 2.24) is 14.8 Å². The van der Waals surface area contributed by atoms with Crippen LogP contribution in [-0.2, 0) is 4.74 Å². The van der Waals surface area contributed by atoms with E-state index in [0.29, 0.717) is 50.5 Å². The highest BCUT2D eigenvalue weighted by molar-refractivity contribution is 5.99. The third-order valence-electron chi connectivity index (χ3n) is 5.20. The van der Waals surface area contributed by atoms with Gasteiger partial charge in [0.15, 0.2) is 0 Å². The maximum absolute atomic E-state index is 13.1. The van der Waals surface area contributed by atoms with Gasteiger partial charge < -0.3 is 19.4 Å². The van der Waals surface area contributed by atoms with Gasteiger partial charge in [0.2, 0.25) is 0 Å². The molecule has 0 spiro atoms. The van der Waals surface area contributed by atoms with Gasteiger partial charge in [0, 0.05) is 51.0 Å². The van der Waals surface area contributed by atoms with Crippen molar-refractivity contribution >= 4 is 17.6 Å². The molecule has 2 aromatic rings. The highest BCUT2D eigenvalue weighted by atomic mass is 16.5. The van der Waals surface area contributed by atoms with Crippen molar-refractivity contribution in [3.8, 4) is 0 Å². The molecule has 146 valence electrons. The lowest BCUT2D eigenvalue weighted by Gasteiger charge is -2.36. The van der Waals surface area contributed by atoms with Gasteiger partial charge in [0.1, 0.15) is 5.82 Å². The van der Waals surface area contributed by atoms with Crippen LogP contribution in [0.2, 0.25) is 0 Å². The van der Waals surface area contributed by atoms with Gasteiger partial charge in [-0.2, -0.15) is 0 Å². The average Bonchev–Trinajstić information content (AvgIpc) is 2.79. The normalized spacial score (nSPS) is 17.5. The predicted octanol–water partition coefficient (Wildman–Crippen LogP) is 1.52. The molecule has 0 atom stereocenters. The number of amides is 2. The number of morpholine rings is 1. The van der Waals surface area contributed by atoms with E-state index in [4.69, 9.17) is 4.74 Å². The Kier molecular flexibility index (Phi) is 5.53. The maximum atomic E-state index is 13.1.